The maximum absolute atomic E-state index is 13.7. The topological polar surface area (TPSA) is 141 Å². The van der Waals surface area contributed by atoms with Crippen molar-refractivity contribution in [2.45, 2.75) is 33.4 Å². The van der Waals surface area contributed by atoms with Gasteiger partial charge in [0.15, 0.2) is 11.2 Å². The van der Waals surface area contributed by atoms with E-state index in [0.29, 0.717) is 41.2 Å². The highest BCUT2D eigenvalue weighted by Gasteiger charge is 2.19. The van der Waals surface area contributed by atoms with Gasteiger partial charge in [-0.25, -0.2) is 4.79 Å². The summed E-state index contributed by atoms with van der Waals surface area (Å²) in [6.45, 7) is 5.78. The van der Waals surface area contributed by atoms with Crippen LogP contribution in [0.5, 0.6) is 5.75 Å². The number of nitrogens with zero attached hydrogens (tertiary/aromatic N) is 4. The van der Waals surface area contributed by atoms with Gasteiger partial charge in [0.1, 0.15) is 11.3 Å². The molecule has 0 atom stereocenters. The van der Waals surface area contributed by atoms with Crippen LogP contribution in [0.25, 0.3) is 22.0 Å². The van der Waals surface area contributed by atoms with E-state index in [4.69, 9.17) is 9.15 Å². The lowest BCUT2D eigenvalue weighted by molar-refractivity contribution is 0.0997. The molecule has 3 aromatic heterocycles. The first kappa shape index (κ1) is 37.5. The molecule has 12 nitrogen and oxygen atoms in total. The number of ether oxygens (including phenoxy) is 1. The van der Waals surface area contributed by atoms with Crippen molar-refractivity contribution >= 4 is 45.2 Å². The number of benzene rings is 4. The third-order valence-electron chi connectivity index (χ3n) is 10.1. The number of para-hydroxylation sites is 1. The summed E-state index contributed by atoms with van der Waals surface area (Å²) in [6, 6.07) is 27.1. The first-order valence-electron chi connectivity index (χ1n) is 18.2. The van der Waals surface area contributed by atoms with E-state index in [1.165, 1.54) is 0 Å². The van der Waals surface area contributed by atoms with Crippen LogP contribution < -0.4 is 26.5 Å². The Morgan fingerprint density at radius 3 is 2.27 bits per heavy atom. The summed E-state index contributed by atoms with van der Waals surface area (Å²) in [5.74, 6) is -0.509. The van der Waals surface area contributed by atoms with E-state index in [-0.39, 0.29) is 22.4 Å². The molecule has 0 bridgehead atoms. The van der Waals surface area contributed by atoms with Gasteiger partial charge in [0.2, 0.25) is 0 Å². The predicted octanol–water partition coefficient (Wildman–Crippen LogP) is 6.75. The van der Waals surface area contributed by atoms with Crippen LogP contribution in [0, 0.1) is 13.8 Å². The van der Waals surface area contributed by atoms with E-state index in [2.05, 4.69) is 32.7 Å². The van der Waals surface area contributed by atoms with Crippen molar-refractivity contribution in [2.24, 2.45) is 14.1 Å². The smallest absolute Gasteiger partial charge is 0.328 e. The Labute approximate surface area is 323 Å². The SMILES string of the molecule is COc1cncc(CN(CCc2ccc(NC(=O)c3cc(C)c(C)cc3NC(=O)c3cc(=O)c4ccccc4o3)cc2)Cc2ccc3c(c2)n(C)c(=O)n3C)c1. The average molecular weight is 751 g/mol. The Hall–Kier alpha value is -6.79. The zero-order valence-corrected chi connectivity index (χ0v) is 31.9. The Morgan fingerprint density at radius 2 is 1.48 bits per heavy atom. The molecule has 0 radical (unpaired) electrons. The number of amides is 2. The maximum Gasteiger partial charge on any atom is 0.328 e. The van der Waals surface area contributed by atoms with Gasteiger partial charge in [-0.05, 0) is 103 Å². The second-order valence-electron chi connectivity index (χ2n) is 14.0. The number of carbonyl (C=O) groups excluding carboxylic acids is 2. The summed E-state index contributed by atoms with van der Waals surface area (Å²) in [6.07, 6.45) is 4.25. The molecular weight excluding hydrogens is 709 g/mol. The molecule has 0 saturated heterocycles. The van der Waals surface area contributed by atoms with Gasteiger partial charge in [-0.15, -0.1) is 0 Å². The van der Waals surface area contributed by atoms with Gasteiger partial charge >= 0.3 is 5.69 Å². The quantitative estimate of drug-likeness (QED) is 0.140. The minimum Gasteiger partial charge on any atom is -0.495 e. The van der Waals surface area contributed by atoms with Crippen LogP contribution in [0.1, 0.15) is 48.7 Å². The molecule has 56 heavy (non-hydrogen) atoms. The molecule has 3 heterocycles. The van der Waals surface area contributed by atoms with Gasteiger partial charge in [0, 0.05) is 51.7 Å². The van der Waals surface area contributed by atoms with Crippen molar-refractivity contribution in [1.82, 2.24) is 19.0 Å². The van der Waals surface area contributed by atoms with Crippen LogP contribution in [0.2, 0.25) is 0 Å². The van der Waals surface area contributed by atoms with Crippen LogP contribution in [0.15, 0.2) is 117 Å². The zero-order chi connectivity index (χ0) is 39.5. The molecule has 12 heteroatoms. The molecule has 0 aliphatic heterocycles. The molecular formula is C44H42N6O6. The van der Waals surface area contributed by atoms with Crippen molar-refractivity contribution < 1.29 is 18.7 Å². The maximum atomic E-state index is 13.7. The van der Waals surface area contributed by atoms with E-state index >= 15 is 0 Å². The summed E-state index contributed by atoms with van der Waals surface area (Å²) < 4.78 is 14.5. The molecule has 0 saturated carbocycles. The molecule has 0 aliphatic rings. The third kappa shape index (κ3) is 8.01. The highest BCUT2D eigenvalue weighted by atomic mass is 16.5. The Bertz CT molecular complexity index is 2730. The molecule has 7 rings (SSSR count). The number of pyridine rings is 1. The highest BCUT2D eigenvalue weighted by molar-refractivity contribution is 6.12. The van der Waals surface area contributed by atoms with Crippen molar-refractivity contribution in [1.29, 1.82) is 0 Å². The van der Waals surface area contributed by atoms with Gasteiger partial charge in [-0.1, -0.05) is 30.3 Å². The first-order chi connectivity index (χ1) is 27.0. The number of imidazole rings is 1. The van der Waals surface area contributed by atoms with Crippen LogP contribution in [-0.2, 0) is 33.6 Å². The monoisotopic (exact) mass is 750 g/mol. The minimum atomic E-state index is -0.641. The lowest BCUT2D eigenvalue weighted by Crippen LogP contribution is -2.25. The van der Waals surface area contributed by atoms with Crippen molar-refractivity contribution in [2.75, 3.05) is 24.3 Å². The number of rotatable bonds is 12. The fourth-order valence-electron chi connectivity index (χ4n) is 6.79. The van der Waals surface area contributed by atoms with Gasteiger partial charge in [-0.3, -0.25) is 33.4 Å². The fraction of sp³-hybridized carbons (Fsp3) is 0.205. The molecule has 284 valence electrons. The van der Waals surface area contributed by atoms with Crippen LogP contribution in [0.3, 0.4) is 0 Å². The van der Waals surface area contributed by atoms with Gasteiger partial charge in [-0.2, -0.15) is 0 Å². The molecule has 2 N–H and O–H groups in total. The average Bonchev–Trinajstić information content (AvgIpc) is 3.41. The summed E-state index contributed by atoms with van der Waals surface area (Å²) in [4.78, 5) is 58.8. The summed E-state index contributed by atoms with van der Waals surface area (Å²) >= 11 is 0. The molecule has 0 aliphatic carbocycles. The number of aromatic nitrogens is 3. The Balaban J connectivity index is 1.05. The van der Waals surface area contributed by atoms with Gasteiger partial charge in [0.25, 0.3) is 11.8 Å². The number of nitrogens with one attached hydrogen (secondary N) is 2. The number of fused-ring (bicyclic) bond motifs is 2. The number of aryl methyl sites for hydroxylation is 4. The summed E-state index contributed by atoms with van der Waals surface area (Å²) in [7, 11) is 5.19. The summed E-state index contributed by atoms with van der Waals surface area (Å²) in [5.41, 5.74) is 7.74. The lowest BCUT2D eigenvalue weighted by Gasteiger charge is -2.23. The van der Waals surface area contributed by atoms with E-state index in [1.807, 2.05) is 56.4 Å². The molecule has 0 fully saturated rings. The van der Waals surface area contributed by atoms with Crippen molar-refractivity contribution in [3.05, 3.63) is 163 Å². The van der Waals surface area contributed by atoms with Crippen LogP contribution in [-0.4, -0.2) is 44.5 Å². The molecule has 2 amide bonds. The summed E-state index contributed by atoms with van der Waals surface area (Å²) in [5, 5.41) is 6.12. The number of hydrogen-bond acceptors (Lipinski definition) is 8. The highest BCUT2D eigenvalue weighted by Crippen LogP contribution is 2.25. The van der Waals surface area contributed by atoms with E-state index in [9.17, 15) is 19.2 Å². The normalized spacial score (nSPS) is 11.3. The largest absolute Gasteiger partial charge is 0.495 e. The molecule has 7 aromatic rings. The second kappa shape index (κ2) is 15.9. The molecule has 0 spiro atoms. The number of methoxy groups -OCH3 is 1. The van der Waals surface area contributed by atoms with E-state index in [0.717, 1.165) is 57.9 Å². The Morgan fingerprint density at radius 1 is 0.768 bits per heavy atom. The van der Waals surface area contributed by atoms with E-state index < -0.39 is 11.8 Å². The zero-order valence-electron chi connectivity index (χ0n) is 31.9. The van der Waals surface area contributed by atoms with Crippen LogP contribution >= 0.6 is 0 Å². The molecule has 4 aromatic carbocycles. The van der Waals surface area contributed by atoms with Crippen molar-refractivity contribution in [3.63, 3.8) is 0 Å². The minimum absolute atomic E-state index is 0.0644. The first-order valence-corrected chi connectivity index (χ1v) is 18.2. The van der Waals surface area contributed by atoms with Crippen molar-refractivity contribution in [3.8, 4) is 5.75 Å². The number of hydrogen-bond donors (Lipinski definition) is 2. The van der Waals surface area contributed by atoms with Crippen LogP contribution in [0.4, 0.5) is 11.4 Å². The fourth-order valence-corrected chi connectivity index (χ4v) is 6.79. The predicted molar refractivity (Wildman–Crippen MR) is 218 cm³/mol. The number of carbonyl (C=O) groups is 2. The molecule has 0 unspecified atom stereocenters. The van der Waals surface area contributed by atoms with Gasteiger partial charge in [0.05, 0.1) is 41.0 Å². The van der Waals surface area contributed by atoms with E-state index in [1.54, 1.807) is 72.9 Å². The Kier molecular flexibility index (Phi) is 10.7. The second-order valence-corrected chi connectivity index (χ2v) is 14.0. The standard InChI is InChI=1S/C44H42N6O6/c1-27-18-35(36(19-28(27)2)47-43(53)41-22-39(51)34-8-6-7-9-40(34)56-41)42(52)46-32-13-10-29(11-14-32)16-17-50(26-31-20-33(55-5)24-45-23-31)25-30-12-15-37-38(21-30)49(4)44(54)48(37)3/h6-15,18-24H,16-17,25-26H2,1-5H3,(H,46,52)(H,47,53). The number of anilines is 2. The lowest BCUT2D eigenvalue weighted by atomic mass is 10.0. The van der Waals surface area contributed by atoms with Gasteiger partial charge < -0.3 is 19.8 Å². The third-order valence-corrected chi connectivity index (χ3v) is 10.1.